The summed E-state index contributed by atoms with van der Waals surface area (Å²) in [6.45, 7) is 13.9. The van der Waals surface area contributed by atoms with E-state index in [-0.39, 0.29) is 24.4 Å². The van der Waals surface area contributed by atoms with Gasteiger partial charge in [-0.05, 0) is 51.6 Å². The summed E-state index contributed by atoms with van der Waals surface area (Å²) < 4.78 is 0. The van der Waals surface area contributed by atoms with Gasteiger partial charge in [-0.2, -0.15) is 0 Å². The topological polar surface area (TPSA) is 71.2 Å². The molecule has 2 aliphatic rings. The van der Waals surface area contributed by atoms with Crippen LogP contribution in [0.15, 0.2) is 0 Å². The number of carbonyl (C=O) groups is 2. The van der Waals surface area contributed by atoms with Crippen molar-refractivity contribution in [2.24, 2.45) is 11.8 Å². The Hall–Kier alpha value is -1.54. The van der Waals surface area contributed by atoms with Crippen LogP contribution < -0.4 is 10.6 Å². The summed E-state index contributed by atoms with van der Waals surface area (Å²) in [5.74, 6) is 0.838. The molecular formula is C24H48N6O2. The zero-order valence-electron chi connectivity index (χ0n) is 21.4. The van der Waals surface area contributed by atoms with E-state index in [9.17, 15) is 9.59 Å². The highest BCUT2D eigenvalue weighted by Crippen LogP contribution is 2.20. The third kappa shape index (κ3) is 7.51. The van der Waals surface area contributed by atoms with E-state index in [1.807, 2.05) is 9.80 Å². The van der Waals surface area contributed by atoms with Gasteiger partial charge in [-0.25, -0.2) is 9.59 Å². The predicted octanol–water partition coefficient (Wildman–Crippen LogP) is 3.21. The molecule has 0 aromatic carbocycles. The highest BCUT2D eigenvalue weighted by molar-refractivity contribution is 5.75. The summed E-state index contributed by atoms with van der Waals surface area (Å²) in [5, 5.41) is 6.22. The zero-order valence-corrected chi connectivity index (χ0v) is 21.4. The minimum Gasteiger partial charge on any atom is -0.338 e. The molecule has 2 unspecified atom stereocenters. The van der Waals surface area contributed by atoms with E-state index in [1.54, 1.807) is 0 Å². The molecule has 2 atom stereocenters. The number of unbranched alkanes of at least 4 members (excludes halogenated alkanes) is 3. The summed E-state index contributed by atoms with van der Waals surface area (Å²) in [7, 11) is 4.21. The molecule has 186 valence electrons. The van der Waals surface area contributed by atoms with Gasteiger partial charge in [0.25, 0.3) is 0 Å². The summed E-state index contributed by atoms with van der Waals surface area (Å²) in [4.78, 5) is 33.9. The van der Waals surface area contributed by atoms with E-state index in [4.69, 9.17) is 0 Å². The van der Waals surface area contributed by atoms with Crippen LogP contribution in [0.25, 0.3) is 0 Å². The Labute approximate surface area is 196 Å². The van der Waals surface area contributed by atoms with Crippen molar-refractivity contribution in [3.8, 4) is 0 Å². The number of hydrogen-bond acceptors (Lipinski definition) is 4. The van der Waals surface area contributed by atoms with Crippen molar-refractivity contribution in [1.29, 1.82) is 0 Å². The van der Waals surface area contributed by atoms with Gasteiger partial charge >= 0.3 is 12.1 Å². The van der Waals surface area contributed by atoms with Crippen LogP contribution >= 0.6 is 0 Å². The molecule has 0 aromatic rings. The molecule has 2 aliphatic heterocycles. The Balaban J connectivity index is 1.58. The minimum atomic E-state index is 0.0636. The van der Waals surface area contributed by atoms with E-state index >= 15 is 0 Å². The van der Waals surface area contributed by atoms with Crippen molar-refractivity contribution in [2.45, 2.75) is 78.6 Å². The second kappa shape index (κ2) is 13.2. The van der Waals surface area contributed by atoms with Crippen molar-refractivity contribution >= 4 is 12.1 Å². The SMILES string of the molecule is CC(C)C1N(C)CCCN1C(=O)NCCCCCCNC(=O)N1CCCN(C)C1C(C)C. The van der Waals surface area contributed by atoms with Gasteiger partial charge in [-0.1, -0.05) is 40.5 Å². The summed E-state index contributed by atoms with van der Waals surface area (Å²) >= 11 is 0. The predicted molar refractivity (Wildman–Crippen MR) is 130 cm³/mol. The van der Waals surface area contributed by atoms with Gasteiger partial charge in [0.05, 0.1) is 12.3 Å². The summed E-state index contributed by atoms with van der Waals surface area (Å²) in [6.07, 6.45) is 6.50. The number of rotatable bonds is 9. The van der Waals surface area contributed by atoms with Crippen molar-refractivity contribution in [2.75, 3.05) is 53.4 Å². The maximum absolute atomic E-state index is 12.6. The first kappa shape index (κ1) is 26.7. The lowest BCUT2D eigenvalue weighted by molar-refractivity contribution is 0.0191. The average Bonchev–Trinajstić information content (AvgIpc) is 2.74. The fourth-order valence-electron chi connectivity index (χ4n) is 5.36. The molecule has 32 heavy (non-hydrogen) atoms. The molecular weight excluding hydrogens is 404 g/mol. The first-order valence-electron chi connectivity index (χ1n) is 12.7. The minimum absolute atomic E-state index is 0.0636. The Morgan fingerprint density at radius 3 is 1.41 bits per heavy atom. The van der Waals surface area contributed by atoms with Gasteiger partial charge in [0, 0.05) is 39.3 Å². The Kier molecular flexibility index (Phi) is 11.0. The van der Waals surface area contributed by atoms with Crippen molar-refractivity contribution in [3.63, 3.8) is 0 Å². The third-order valence-electron chi connectivity index (χ3n) is 6.73. The Morgan fingerprint density at radius 1 is 0.688 bits per heavy atom. The molecule has 2 saturated heterocycles. The molecule has 8 nitrogen and oxygen atoms in total. The molecule has 0 bridgehead atoms. The Morgan fingerprint density at radius 2 is 1.06 bits per heavy atom. The number of urea groups is 2. The van der Waals surface area contributed by atoms with Crippen LogP contribution in [0.2, 0.25) is 0 Å². The molecule has 2 heterocycles. The molecule has 2 N–H and O–H groups in total. The van der Waals surface area contributed by atoms with Crippen molar-refractivity contribution in [1.82, 2.24) is 30.2 Å². The lowest BCUT2D eigenvalue weighted by Gasteiger charge is -2.44. The maximum Gasteiger partial charge on any atom is 0.318 e. The zero-order chi connectivity index (χ0) is 23.7. The van der Waals surface area contributed by atoms with E-state index in [1.165, 1.54) is 0 Å². The lowest BCUT2D eigenvalue weighted by Crippen LogP contribution is -2.59. The van der Waals surface area contributed by atoms with Crippen LogP contribution in [0.4, 0.5) is 9.59 Å². The maximum atomic E-state index is 12.6. The van der Waals surface area contributed by atoms with Crippen LogP contribution in [0, 0.1) is 11.8 Å². The molecule has 0 aromatic heterocycles. The highest BCUT2D eigenvalue weighted by Gasteiger charge is 2.33. The number of hydrogen-bond donors (Lipinski definition) is 2. The van der Waals surface area contributed by atoms with Gasteiger partial charge in [0.2, 0.25) is 0 Å². The van der Waals surface area contributed by atoms with Gasteiger partial charge in [0.1, 0.15) is 0 Å². The van der Waals surface area contributed by atoms with Crippen molar-refractivity contribution in [3.05, 3.63) is 0 Å². The second-order valence-corrected chi connectivity index (χ2v) is 10.2. The first-order chi connectivity index (χ1) is 15.2. The monoisotopic (exact) mass is 452 g/mol. The fourth-order valence-corrected chi connectivity index (χ4v) is 5.36. The molecule has 2 fully saturated rings. The van der Waals surface area contributed by atoms with Gasteiger partial charge < -0.3 is 20.4 Å². The standard InChI is InChI=1S/C24H48N6O2/c1-19(2)21-27(5)15-11-17-29(21)23(31)25-13-9-7-8-10-14-26-24(32)30-18-12-16-28(6)22(30)20(3)4/h19-22H,7-18H2,1-6H3,(H,25,31)(H,26,32). The van der Waals surface area contributed by atoms with Crippen LogP contribution in [0.3, 0.4) is 0 Å². The Bertz CT molecular complexity index is 535. The van der Waals surface area contributed by atoms with Crippen LogP contribution in [-0.4, -0.2) is 97.4 Å². The van der Waals surface area contributed by atoms with Crippen LogP contribution in [-0.2, 0) is 0 Å². The molecule has 0 saturated carbocycles. The van der Waals surface area contributed by atoms with Gasteiger partial charge in [-0.3, -0.25) is 9.80 Å². The molecule has 2 rings (SSSR count). The molecule has 0 radical (unpaired) electrons. The summed E-state index contributed by atoms with van der Waals surface area (Å²) in [5.41, 5.74) is 0. The van der Waals surface area contributed by atoms with E-state index in [0.29, 0.717) is 24.9 Å². The number of carbonyl (C=O) groups excluding carboxylic acids is 2. The normalized spacial score (nSPS) is 23.1. The largest absolute Gasteiger partial charge is 0.338 e. The van der Waals surface area contributed by atoms with E-state index < -0.39 is 0 Å². The molecule has 8 heteroatoms. The lowest BCUT2D eigenvalue weighted by atomic mass is 10.1. The van der Waals surface area contributed by atoms with Gasteiger partial charge in [-0.15, -0.1) is 0 Å². The average molecular weight is 453 g/mol. The smallest absolute Gasteiger partial charge is 0.318 e. The van der Waals surface area contributed by atoms with Gasteiger partial charge in [0.15, 0.2) is 0 Å². The molecule has 0 aliphatic carbocycles. The highest BCUT2D eigenvalue weighted by atomic mass is 16.2. The second-order valence-electron chi connectivity index (χ2n) is 10.2. The number of nitrogens with one attached hydrogen (secondary N) is 2. The summed E-state index contributed by atoms with van der Waals surface area (Å²) in [6, 6.07) is 0.127. The van der Waals surface area contributed by atoms with E-state index in [2.05, 4.69) is 62.2 Å². The quantitative estimate of drug-likeness (QED) is 0.527. The molecule has 4 amide bonds. The van der Waals surface area contributed by atoms with Crippen LogP contribution in [0.1, 0.15) is 66.2 Å². The molecule has 0 spiro atoms. The third-order valence-corrected chi connectivity index (χ3v) is 6.73. The fraction of sp³-hybridized carbons (Fsp3) is 0.917. The number of amides is 4. The van der Waals surface area contributed by atoms with Crippen molar-refractivity contribution < 1.29 is 9.59 Å². The first-order valence-corrected chi connectivity index (χ1v) is 12.7. The van der Waals surface area contributed by atoms with Crippen LogP contribution in [0.5, 0.6) is 0 Å². The van der Waals surface area contributed by atoms with E-state index in [0.717, 1.165) is 64.7 Å². The number of nitrogens with zero attached hydrogens (tertiary/aromatic N) is 4.